The Kier molecular flexibility index (Phi) is 4.89. The average Bonchev–Trinajstić information content (AvgIpc) is 3.05. The molecule has 21 heavy (non-hydrogen) atoms. The van der Waals surface area contributed by atoms with Crippen LogP contribution in [0.3, 0.4) is 0 Å². The number of aromatic nitrogens is 2. The maximum atomic E-state index is 12.3. The van der Waals surface area contributed by atoms with E-state index in [1.807, 2.05) is 6.92 Å². The van der Waals surface area contributed by atoms with Crippen molar-refractivity contribution < 1.29 is 9.72 Å². The van der Waals surface area contributed by atoms with Crippen LogP contribution in [-0.4, -0.2) is 33.6 Å². The van der Waals surface area contributed by atoms with Crippen molar-refractivity contribution in [1.29, 1.82) is 0 Å². The van der Waals surface area contributed by atoms with Gasteiger partial charge in [0.1, 0.15) is 5.69 Å². The maximum absolute atomic E-state index is 12.3. The third kappa shape index (κ3) is 3.21. The summed E-state index contributed by atoms with van der Waals surface area (Å²) in [6.07, 6.45) is 4.07. The summed E-state index contributed by atoms with van der Waals surface area (Å²) in [6.45, 7) is 2.42. The van der Waals surface area contributed by atoms with Crippen molar-refractivity contribution >= 4 is 11.6 Å². The predicted molar refractivity (Wildman–Crippen MR) is 76.9 cm³/mol. The molecule has 4 N–H and O–H groups in total. The fourth-order valence-electron chi connectivity index (χ4n) is 2.90. The molecule has 1 aromatic heterocycles. The van der Waals surface area contributed by atoms with E-state index in [4.69, 9.17) is 5.73 Å². The molecule has 8 heteroatoms. The number of aromatic amines is 1. The number of nitro groups is 1. The molecule has 2 rings (SSSR count). The minimum atomic E-state index is -0.543. The van der Waals surface area contributed by atoms with Gasteiger partial charge in [-0.2, -0.15) is 5.10 Å². The van der Waals surface area contributed by atoms with Gasteiger partial charge in [0.15, 0.2) is 0 Å². The Morgan fingerprint density at radius 1 is 1.57 bits per heavy atom. The zero-order valence-corrected chi connectivity index (χ0v) is 12.1. The molecule has 1 saturated carbocycles. The molecule has 0 spiro atoms. The fraction of sp³-hybridized carbons (Fsp3) is 0.692. The average molecular weight is 295 g/mol. The highest BCUT2D eigenvalue weighted by Gasteiger charge is 2.33. The highest BCUT2D eigenvalue weighted by Crippen LogP contribution is 2.26. The molecule has 1 aliphatic carbocycles. The van der Waals surface area contributed by atoms with E-state index in [0.29, 0.717) is 18.7 Å². The number of rotatable bonds is 6. The molecule has 0 saturated heterocycles. The van der Waals surface area contributed by atoms with E-state index < -0.39 is 10.8 Å². The van der Waals surface area contributed by atoms with Crippen molar-refractivity contribution in [2.24, 2.45) is 11.7 Å². The fourth-order valence-corrected chi connectivity index (χ4v) is 2.90. The molecule has 0 aliphatic heterocycles. The second-order valence-electron chi connectivity index (χ2n) is 5.41. The van der Waals surface area contributed by atoms with Crippen molar-refractivity contribution in [1.82, 2.24) is 15.5 Å². The van der Waals surface area contributed by atoms with Gasteiger partial charge in [0.05, 0.1) is 4.92 Å². The molecule has 1 aliphatic rings. The number of hydrogen-bond donors (Lipinski definition) is 3. The number of nitrogens with one attached hydrogen (secondary N) is 2. The largest absolute Gasteiger partial charge is 0.347 e. The van der Waals surface area contributed by atoms with Crippen molar-refractivity contribution in [2.75, 3.05) is 6.54 Å². The Bertz CT molecular complexity index is 528. The summed E-state index contributed by atoms with van der Waals surface area (Å²) in [5, 5.41) is 20.5. The Balaban J connectivity index is 2.17. The Labute approximate surface area is 122 Å². The molecule has 0 bridgehead atoms. The Hall–Kier alpha value is -1.96. The first-order valence-electron chi connectivity index (χ1n) is 7.31. The number of nitrogens with zero attached hydrogens (tertiary/aromatic N) is 2. The first-order valence-corrected chi connectivity index (χ1v) is 7.31. The minimum absolute atomic E-state index is 0.0200. The second kappa shape index (κ2) is 6.66. The van der Waals surface area contributed by atoms with E-state index in [1.165, 1.54) is 0 Å². The molecule has 116 valence electrons. The van der Waals surface area contributed by atoms with Crippen molar-refractivity contribution in [2.45, 2.75) is 45.1 Å². The molecule has 2 unspecified atom stereocenters. The first-order chi connectivity index (χ1) is 10.1. The first kappa shape index (κ1) is 15.4. The number of amides is 1. The SMILES string of the molecule is CCCc1[nH]nc(C(=O)NC2CCCC2CN)c1[N+](=O)[O-]. The molecule has 8 nitrogen and oxygen atoms in total. The van der Waals surface area contributed by atoms with E-state index in [0.717, 1.165) is 25.7 Å². The zero-order valence-electron chi connectivity index (χ0n) is 12.1. The lowest BCUT2D eigenvalue weighted by Crippen LogP contribution is -2.40. The van der Waals surface area contributed by atoms with Gasteiger partial charge in [-0.05, 0) is 31.7 Å². The summed E-state index contributed by atoms with van der Waals surface area (Å²) in [6, 6.07) is -0.0200. The van der Waals surface area contributed by atoms with Crippen molar-refractivity contribution in [3.63, 3.8) is 0 Å². The van der Waals surface area contributed by atoms with Crippen LogP contribution in [0.4, 0.5) is 5.69 Å². The van der Waals surface area contributed by atoms with Gasteiger partial charge in [0, 0.05) is 6.04 Å². The standard InChI is InChI=1S/C13H21N5O3/c1-2-4-10-12(18(20)21)11(17-16-10)13(19)15-9-6-3-5-8(9)7-14/h8-9H,2-7,14H2,1H3,(H,15,19)(H,16,17). The molecule has 2 atom stereocenters. The lowest BCUT2D eigenvalue weighted by Gasteiger charge is -2.18. The lowest BCUT2D eigenvalue weighted by molar-refractivity contribution is -0.385. The van der Waals surface area contributed by atoms with Crippen LogP contribution in [0.25, 0.3) is 0 Å². The molecule has 1 heterocycles. The lowest BCUT2D eigenvalue weighted by atomic mass is 10.0. The van der Waals surface area contributed by atoms with Crippen LogP contribution in [-0.2, 0) is 6.42 Å². The van der Waals surface area contributed by atoms with E-state index in [1.54, 1.807) is 0 Å². The Morgan fingerprint density at radius 3 is 2.95 bits per heavy atom. The molecule has 1 fully saturated rings. The third-order valence-corrected chi connectivity index (χ3v) is 3.99. The molecular weight excluding hydrogens is 274 g/mol. The van der Waals surface area contributed by atoms with Gasteiger partial charge in [-0.25, -0.2) is 0 Å². The quantitative estimate of drug-likeness (QED) is 0.535. The van der Waals surface area contributed by atoms with Crippen LogP contribution < -0.4 is 11.1 Å². The van der Waals surface area contributed by atoms with Gasteiger partial charge in [-0.3, -0.25) is 20.0 Å². The van der Waals surface area contributed by atoms with Crippen molar-refractivity contribution in [3.8, 4) is 0 Å². The molecule has 1 aromatic rings. The number of carbonyl (C=O) groups excluding carboxylic acids is 1. The molecule has 0 radical (unpaired) electrons. The van der Waals surface area contributed by atoms with Crippen LogP contribution >= 0.6 is 0 Å². The van der Waals surface area contributed by atoms with Crippen LogP contribution in [0.1, 0.15) is 48.8 Å². The van der Waals surface area contributed by atoms with Gasteiger partial charge >= 0.3 is 5.69 Å². The van der Waals surface area contributed by atoms with Crippen LogP contribution in [0.5, 0.6) is 0 Å². The predicted octanol–water partition coefficient (Wildman–Crippen LogP) is 1.13. The van der Waals surface area contributed by atoms with Gasteiger partial charge in [0.25, 0.3) is 5.91 Å². The summed E-state index contributed by atoms with van der Waals surface area (Å²) >= 11 is 0. The van der Waals surface area contributed by atoms with Crippen LogP contribution in [0.15, 0.2) is 0 Å². The third-order valence-electron chi connectivity index (χ3n) is 3.99. The number of carbonyl (C=O) groups is 1. The van der Waals surface area contributed by atoms with Crippen LogP contribution in [0.2, 0.25) is 0 Å². The normalized spacial score (nSPS) is 21.4. The summed E-state index contributed by atoms with van der Waals surface area (Å²) in [5.41, 5.74) is 5.73. The maximum Gasteiger partial charge on any atom is 0.322 e. The summed E-state index contributed by atoms with van der Waals surface area (Å²) in [4.78, 5) is 22.9. The highest BCUT2D eigenvalue weighted by atomic mass is 16.6. The van der Waals surface area contributed by atoms with E-state index in [2.05, 4.69) is 15.5 Å². The Morgan fingerprint density at radius 2 is 2.33 bits per heavy atom. The molecule has 1 amide bonds. The van der Waals surface area contributed by atoms with Gasteiger partial charge in [0.2, 0.25) is 5.69 Å². The smallest absolute Gasteiger partial charge is 0.322 e. The zero-order chi connectivity index (χ0) is 15.4. The van der Waals surface area contributed by atoms with Crippen molar-refractivity contribution in [3.05, 3.63) is 21.5 Å². The summed E-state index contributed by atoms with van der Waals surface area (Å²) in [5.74, 6) is -0.257. The monoisotopic (exact) mass is 295 g/mol. The number of nitrogens with two attached hydrogens (primary N) is 1. The second-order valence-corrected chi connectivity index (χ2v) is 5.41. The topological polar surface area (TPSA) is 127 Å². The number of aryl methyl sites for hydroxylation is 1. The summed E-state index contributed by atoms with van der Waals surface area (Å²) in [7, 11) is 0. The van der Waals surface area contributed by atoms with Gasteiger partial charge in [-0.1, -0.05) is 19.8 Å². The molecular formula is C13H21N5O3. The van der Waals surface area contributed by atoms with Crippen LogP contribution in [0, 0.1) is 16.0 Å². The minimum Gasteiger partial charge on any atom is -0.347 e. The number of hydrogen-bond acceptors (Lipinski definition) is 5. The number of H-pyrrole nitrogens is 1. The van der Waals surface area contributed by atoms with Gasteiger partial charge in [-0.15, -0.1) is 0 Å². The van der Waals surface area contributed by atoms with Gasteiger partial charge < -0.3 is 11.1 Å². The van der Waals surface area contributed by atoms with E-state index >= 15 is 0 Å². The van der Waals surface area contributed by atoms with E-state index in [9.17, 15) is 14.9 Å². The molecule has 0 aromatic carbocycles. The van der Waals surface area contributed by atoms with E-state index in [-0.39, 0.29) is 23.3 Å². The summed E-state index contributed by atoms with van der Waals surface area (Å²) < 4.78 is 0. The highest BCUT2D eigenvalue weighted by molar-refractivity contribution is 5.96.